The number of aryl methyl sites for hydroxylation is 2. The summed E-state index contributed by atoms with van der Waals surface area (Å²) in [5.41, 5.74) is 4.11. The van der Waals surface area contributed by atoms with Gasteiger partial charge in [0.2, 0.25) is 5.91 Å². The Bertz CT molecular complexity index is 1200. The summed E-state index contributed by atoms with van der Waals surface area (Å²) in [6.45, 7) is 4.18. The molecule has 0 heterocycles. The molecule has 6 heteroatoms. The molecule has 0 radical (unpaired) electrons. The quantitative estimate of drug-likeness (QED) is 0.298. The molecule has 1 fully saturated rings. The van der Waals surface area contributed by atoms with Gasteiger partial charge in [-0.05, 0) is 73.2 Å². The lowest BCUT2D eigenvalue weighted by molar-refractivity contribution is -0.143. The van der Waals surface area contributed by atoms with Gasteiger partial charge in [0, 0.05) is 23.5 Å². The summed E-state index contributed by atoms with van der Waals surface area (Å²) in [7, 11) is 0. The Balaban J connectivity index is 1.62. The third-order valence-corrected chi connectivity index (χ3v) is 7.52. The minimum Gasteiger partial charge on any atom is -0.484 e. The number of rotatable bonds is 10. The van der Waals surface area contributed by atoms with E-state index in [9.17, 15) is 9.59 Å². The summed E-state index contributed by atoms with van der Waals surface area (Å²) in [6.07, 6.45) is 5.86. The summed E-state index contributed by atoms with van der Waals surface area (Å²) >= 11 is 3.54. The van der Waals surface area contributed by atoms with Crippen LogP contribution >= 0.6 is 15.9 Å². The molecule has 0 unspecified atom stereocenters. The van der Waals surface area contributed by atoms with Gasteiger partial charge in [-0.2, -0.15) is 0 Å². The van der Waals surface area contributed by atoms with E-state index in [0.717, 1.165) is 52.4 Å². The largest absolute Gasteiger partial charge is 0.484 e. The zero-order valence-electron chi connectivity index (χ0n) is 22.3. The molecule has 4 rings (SSSR count). The van der Waals surface area contributed by atoms with Crippen LogP contribution in [0.15, 0.2) is 77.3 Å². The summed E-state index contributed by atoms with van der Waals surface area (Å²) in [5.74, 6) is 0.337. The van der Waals surface area contributed by atoms with Gasteiger partial charge in [-0.3, -0.25) is 9.59 Å². The molecule has 0 aromatic heterocycles. The molecular weight excluding hydrogens is 540 g/mol. The monoisotopic (exact) mass is 576 g/mol. The Morgan fingerprint density at radius 1 is 0.921 bits per heavy atom. The number of carbonyl (C=O) groups excluding carboxylic acids is 2. The van der Waals surface area contributed by atoms with E-state index < -0.39 is 6.04 Å². The average Bonchev–Trinajstić information content (AvgIpc) is 2.90. The summed E-state index contributed by atoms with van der Waals surface area (Å²) < 4.78 is 6.90. The second-order valence-electron chi connectivity index (χ2n) is 10.3. The SMILES string of the molecule is Cc1cc(C)cc(OCC(=O)N(Cc2cccc(Br)c2)[C@@H](Cc2ccccc2)C(=O)NC2CCCCC2)c1. The molecule has 1 N–H and O–H groups in total. The third-order valence-electron chi connectivity index (χ3n) is 7.02. The van der Waals surface area contributed by atoms with Gasteiger partial charge in [0.1, 0.15) is 11.8 Å². The van der Waals surface area contributed by atoms with Crippen molar-refractivity contribution in [1.82, 2.24) is 10.2 Å². The third kappa shape index (κ3) is 8.19. The van der Waals surface area contributed by atoms with E-state index in [-0.39, 0.29) is 24.5 Å². The number of carbonyl (C=O) groups is 2. The first-order valence-corrected chi connectivity index (χ1v) is 14.3. The molecule has 0 aliphatic heterocycles. The summed E-state index contributed by atoms with van der Waals surface area (Å²) in [5, 5.41) is 3.28. The lowest BCUT2D eigenvalue weighted by Gasteiger charge is -2.33. The zero-order valence-corrected chi connectivity index (χ0v) is 23.9. The molecule has 0 spiro atoms. The maximum absolute atomic E-state index is 13.8. The molecule has 1 aliphatic carbocycles. The van der Waals surface area contributed by atoms with Crippen molar-refractivity contribution in [2.24, 2.45) is 0 Å². The molecule has 1 aliphatic rings. The zero-order chi connectivity index (χ0) is 26.9. The highest BCUT2D eigenvalue weighted by molar-refractivity contribution is 9.10. The second-order valence-corrected chi connectivity index (χ2v) is 11.2. The van der Waals surface area contributed by atoms with Crippen LogP contribution in [-0.4, -0.2) is 35.4 Å². The number of hydrogen-bond donors (Lipinski definition) is 1. The number of ether oxygens (including phenoxy) is 1. The molecule has 0 saturated heterocycles. The molecular formula is C32H37BrN2O3. The standard InChI is InChI=1S/C32H37BrN2O3/c1-23-16-24(2)18-29(17-23)38-22-31(36)35(21-26-12-9-13-27(33)19-26)30(20-25-10-5-3-6-11-25)32(37)34-28-14-7-4-8-15-28/h3,5-6,9-13,16-19,28,30H,4,7-8,14-15,20-22H2,1-2H3,(H,34,37)/t30-/m0/s1. The topological polar surface area (TPSA) is 58.6 Å². The van der Waals surface area contributed by atoms with Crippen LogP contribution in [0.3, 0.4) is 0 Å². The molecule has 0 bridgehead atoms. The molecule has 200 valence electrons. The summed E-state index contributed by atoms with van der Waals surface area (Å²) in [4.78, 5) is 29.3. The van der Waals surface area contributed by atoms with Gasteiger partial charge in [0.25, 0.3) is 5.91 Å². The fourth-order valence-corrected chi connectivity index (χ4v) is 5.62. The maximum atomic E-state index is 13.8. The number of nitrogens with zero attached hydrogens (tertiary/aromatic N) is 1. The lowest BCUT2D eigenvalue weighted by Crippen LogP contribution is -2.53. The van der Waals surface area contributed by atoms with Crippen molar-refractivity contribution in [3.05, 3.63) is 99.5 Å². The molecule has 1 saturated carbocycles. The number of amides is 2. The predicted molar refractivity (Wildman–Crippen MR) is 155 cm³/mol. The summed E-state index contributed by atoms with van der Waals surface area (Å²) in [6, 6.07) is 23.2. The first-order chi connectivity index (χ1) is 18.4. The molecule has 38 heavy (non-hydrogen) atoms. The van der Waals surface area contributed by atoms with Crippen molar-refractivity contribution in [2.45, 2.75) is 71.0 Å². The Morgan fingerprint density at radius 2 is 1.61 bits per heavy atom. The van der Waals surface area contributed by atoms with Crippen LogP contribution in [-0.2, 0) is 22.6 Å². The Hall–Kier alpha value is -3.12. The molecule has 3 aromatic carbocycles. The lowest BCUT2D eigenvalue weighted by atomic mass is 9.94. The fourth-order valence-electron chi connectivity index (χ4n) is 5.17. The highest BCUT2D eigenvalue weighted by Gasteiger charge is 2.32. The number of hydrogen-bond acceptors (Lipinski definition) is 3. The number of halogens is 1. The Labute approximate surface area is 234 Å². The van der Waals surface area contributed by atoms with Crippen LogP contribution in [0.4, 0.5) is 0 Å². The van der Waals surface area contributed by atoms with Gasteiger partial charge >= 0.3 is 0 Å². The fraction of sp³-hybridized carbons (Fsp3) is 0.375. The highest BCUT2D eigenvalue weighted by atomic mass is 79.9. The smallest absolute Gasteiger partial charge is 0.261 e. The van der Waals surface area contributed by atoms with Crippen LogP contribution in [0.25, 0.3) is 0 Å². The van der Waals surface area contributed by atoms with E-state index in [1.807, 2.05) is 80.6 Å². The molecule has 2 amide bonds. The highest BCUT2D eigenvalue weighted by Crippen LogP contribution is 2.22. The van der Waals surface area contributed by atoms with Crippen LogP contribution in [0.2, 0.25) is 0 Å². The maximum Gasteiger partial charge on any atom is 0.261 e. The number of nitrogens with one attached hydrogen (secondary N) is 1. The molecule has 1 atom stereocenters. The molecule has 3 aromatic rings. The van der Waals surface area contributed by atoms with Gasteiger partial charge in [0.05, 0.1) is 0 Å². The van der Waals surface area contributed by atoms with Crippen LogP contribution in [0.5, 0.6) is 5.75 Å². The van der Waals surface area contributed by atoms with E-state index in [1.54, 1.807) is 4.90 Å². The Morgan fingerprint density at radius 3 is 2.29 bits per heavy atom. The van der Waals surface area contributed by atoms with E-state index in [0.29, 0.717) is 18.7 Å². The first kappa shape index (κ1) is 27.9. The van der Waals surface area contributed by atoms with Crippen molar-refractivity contribution in [2.75, 3.05) is 6.61 Å². The van der Waals surface area contributed by atoms with Gasteiger partial charge in [0.15, 0.2) is 6.61 Å². The van der Waals surface area contributed by atoms with Gasteiger partial charge < -0.3 is 15.0 Å². The van der Waals surface area contributed by atoms with Gasteiger partial charge in [-0.25, -0.2) is 0 Å². The van der Waals surface area contributed by atoms with Crippen LogP contribution in [0.1, 0.15) is 54.4 Å². The normalized spacial score (nSPS) is 14.5. The predicted octanol–water partition coefficient (Wildman–Crippen LogP) is 6.53. The van der Waals surface area contributed by atoms with Crippen molar-refractivity contribution in [1.29, 1.82) is 0 Å². The Kier molecular flexibility index (Phi) is 9.99. The first-order valence-electron chi connectivity index (χ1n) is 13.5. The van der Waals surface area contributed by atoms with E-state index >= 15 is 0 Å². The van der Waals surface area contributed by atoms with Crippen LogP contribution < -0.4 is 10.1 Å². The van der Waals surface area contributed by atoms with Crippen LogP contribution in [0, 0.1) is 13.8 Å². The van der Waals surface area contributed by atoms with Crippen molar-refractivity contribution >= 4 is 27.7 Å². The van der Waals surface area contributed by atoms with Crippen molar-refractivity contribution in [3.8, 4) is 5.75 Å². The minimum absolute atomic E-state index is 0.101. The average molecular weight is 578 g/mol. The second kappa shape index (κ2) is 13.6. The number of benzene rings is 3. The van der Waals surface area contributed by atoms with E-state index in [1.165, 1.54) is 6.42 Å². The van der Waals surface area contributed by atoms with Gasteiger partial charge in [-0.15, -0.1) is 0 Å². The van der Waals surface area contributed by atoms with E-state index in [4.69, 9.17) is 4.74 Å². The van der Waals surface area contributed by atoms with Crippen molar-refractivity contribution < 1.29 is 14.3 Å². The van der Waals surface area contributed by atoms with E-state index in [2.05, 4.69) is 27.3 Å². The van der Waals surface area contributed by atoms with Crippen molar-refractivity contribution in [3.63, 3.8) is 0 Å². The van der Waals surface area contributed by atoms with Gasteiger partial charge in [-0.1, -0.05) is 83.7 Å². The molecule has 5 nitrogen and oxygen atoms in total. The minimum atomic E-state index is -0.659.